The van der Waals surface area contributed by atoms with E-state index < -0.39 is 5.60 Å². The molecule has 0 aliphatic carbocycles. The number of hydrogen-bond acceptors (Lipinski definition) is 4. The van der Waals surface area contributed by atoms with Crippen LogP contribution in [-0.2, 0) is 4.74 Å². The van der Waals surface area contributed by atoms with Gasteiger partial charge in [0, 0.05) is 37.5 Å². The molecule has 0 spiro atoms. The summed E-state index contributed by atoms with van der Waals surface area (Å²) >= 11 is 1.34. The largest absolute Gasteiger partial charge is 0.388 e. The van der Waals surface area contributed by atoms with Gasteiger partial charge in [0.25, 0.3) is 5.91 Å². The minimum Gasteiger partial charge on any atom is -0.388 e. The number of rotatable bonds is 4. The summed E-state index contributed by atoms with van der Waals surface area (Å²) in [6.45, 7) is 1.25. The number of hydrogen-bond donors (Lipinski definition) is 2. The Morgan fingerprint density at radius 1 is 1.22 bits per heavy atom. The Kier molecular flexibility index (Phi) is 4.75. The normalized spacial score (nSPS) is 17.0. The van der Waals surface area contributed by atoms with Gasteiger partial charge in [-0.15, -0.1) is 11.3 Å². The molecular weight excluding hydrogens is 317 g/mol. The van der Waals surface area contributed by atoms with Crippen molar-refractivity contribution in [1.82, 2.24) is 5.32 Å². The molecule has 0 atom stereocenters. The molecule has 2 heterocycles. The maximum absolute atomic E-state index is 13.0. The highest BCUT2D eigenvalue weighted by Gasteiger charge is 2.30. The summed E-state index contributed by atoms with van der Waals surface area (Å²) in [6, 6.07) is 9.76. The Morgan fingerprint density at radius 3 is 2.61 bits per heavy atom. The summed E-state index contributed by atoms with van der Waals surface area (Å²) in [5.74, 6) is -0.490. The van der Waals surface area contributed by atoms with Gasteiger partial charge in [-0.25, -0.2) is 4.39 Å². The molecule has 0 unspecified atom stereocenters. The number of carbonyl (C=O) groups is 1. The average Bonchev–Trinajstić information content (AvgIpc) is 3.04. The van der Waals surface area contributed by atoms with Gasteiger partial charge in [-0.1, -0.05) is 12.1 Å². The van der Waals surface area contributed by atoms with Crippen LogP contribution < -0.4 is 5.32 Å². The first-order valence-electron chi connectivity index (χ1n) is 7.50. The van der Waals surface area contributed by atoms with Crippen LogP contribution in [0.3, 0.4) is 0 Å². The number of aliphatic hydroxyl groups is 1. The molecule has 1 aliphatic rings. The maximum atomic E-state index is 13.0. The van der Waals surface area contributed by atoms with Crippen molar-refractivity contribution in [3.8, 4) is 10.4 Å². The Hall–Kier alpha value is -1.76. The molecule has 1 amide bonds. The molecule has 1 saturated heterocycles. The van der Waals surface area contributed by atoms with Crippen LogP contribution in [0.1, 0.15) is 22.5 Å². The lowest BCUT2D eigenvalue weighted by atomic mass is 9.94. The molecule has 4 nitrogen and oxygen atoms in total. The predicted octanol–water partition coefficient (Wildman–Crippen LogP) is 2.83. The van der Waals surface area contributed by atoms with E-state index in [2.05, 4.69) is 5.32 Å². The lowest BCUT2D eigenvalue weighted by Crippen LogP contribution is -2.46. The van der Waals surface area contributed by atoms with E-state index in [-0.39, 0.29) is 18.3 Å². The maximum Gasteiger partial charge on any atom is 0.261 e. The second-order valence-electron chi connectivity index (χ2n) is 5.69. The molecule has 0 radical (unpaired) electrons. The highest BCUT2D eigenvalue weighted by molar-refractivity contribution is 7.17. The fraction of sp³-hybridized carbons (Fsp3) is 0.353. The van der Waals surface area contributed by atoms with Crippen molar-refractivity contribution in [3.63, 3.8) is 0 Å². The molecule has 0 bridgehead atoms. The van der Waals surface area contributed by atoms with Gasteiger partial charge in [0.05, 0.1) is 10.5 Å². The fourth-order valence-corrected chi connectivity index (χ4v) is 3.42. The molecule has 2 N–H and O–H groups in total. The van der Waals surface area contributed by atoms with E-state index in [0.29, 0.717) is 30.9 Å². The van der Waals surface area contributed by atoms with Gasteiger partial charge in [0.15, 0.2) is 0 Å². The smallest absolute Gasteiger partial charge is 0.261 e. The number of carbonyl (C=O) groups excluding carboxylic acids is 1. The second-order valence-corrected chi connectivity index (χ2v) is 6.77. The van der Waals surface area contributed by atoms with Crippen molar-refractivity contribution in [1.29, 1.82) is 0 Å². The fourth-order valence-electron chi connectivity index (χ4n) is 2.49. The van der Waals surface area contributed by atoms with Crippen LogP contribution in [0.15, 0.2) is 36.4 Å². The number of halogens is 1. The first-order chi connectivity index (χ1) is 11.1. The van der Waals surface area contributed by atoms with Crippen molar-refractivity contribution >= 4 is 17.2 Å². The van der Waals surface area contributed by atoms with Gasteiger partial charge in [-0.05, 0) is 29.8 Å². The van der Waals surface area contributed by atoms with Gasteiger partial charge in [0.1, 0.15) is 5.82 Å². The second kappa shape index (κ2) is 6.78. The van der Waals surface area contributed by atoms with Crippen LogP contribution in [0.25, 0.3) is 10.4 Å². The molecular formula is C17H18FNO3S. The summed E-state index contributed by atoms with van der Waals surface area (Å²) in [4.78, 5) is 13.7. The molecule has 2 aromatic rings. The lowest BCUT2D eigenvalue weighted by Gasteiger charge is -2.31. The van der Waals surface area contributed by atoms with Gasteiger partial charge in [-0.3, -0.25) is 4.79 Å². The number of nitrogens with one attached hydrogen (secondary N) is 1. The van der Waals surface area contributed by atoms with Crippen LogP contribution >= 0.6 is 11.3 Å². The number of thiophene rings is 1. The summed E-state index contributed by atoms with van der Waals surface area (Å²) in [6.07, 6.45) is 1.05. The van der Waals surface area contributed by atoms with Crippen LogP contribution in [-0.4, -0.2) is 36.4 Å². The molecule has 0 saturated carbocycles. The van der Waals surface area contributed by atoms with E-state index in [1.807, 2.05) is 6.07 Å². The van der Waals surface area contributed by atoms with Crippen molar-refractivity contribution in [2.75, 3.05) is 19.8 Å². The van der Waals surface area contributed by atoms with Gasteiger partial charge in [-0.2, -0.15) is 0 Å². The number of benzene rings is 1. The van der Waals surface area contributed by atoms with E-state index in [1.165, 1.54) is 23.5 Å². The summed E-state index contributed by atoms with van der Waals surface area (Å²) in [5.41, 5.74) is -0.0104. The Labute approximate surface area is 137 Å². The van der Waals surface area contributed by atoms with Crippen molar-refractivity contribution in [2.24, 2.45) is 0 Å². The lowest BCUT2D eigenvalue weighted by molar-refractivity contribution is -0.0605. The first kappa shape index (κ1) is 16.1. The van der Waals surface area contributed by atoms with Crippen LogP contribution in [0.4, 0.5) is 4.39 Å². The zero-order chi connectivity index (χ0) is 16.3. The zero-order valence-corrected chi connectivity index (χ0v) is 13.4. The van der Waals surface area contributed by atoms with E-state index in [9.17, 15) is 14.3 Å². The average molecular weight is 335 g/mol. The Morgan fingerprint density at radius 2 is 1.91 bits per heavy atom. The molecule has 122 valence electrons. The summed E-state index contributed by atoms with van der Waals surface area (Å²) in [7, 11) is 0. The van der Waals surface area contributed by atoms with Crippen molar-refractivity contribution < 1.29 is 19.0 Å². The quantitative estimate of drug-likeness (QED) is 0.903. The zero-order valence-electron chi connectivity index (χ0n) is 12.5. The topological polar surface area (TPSA) is 58.6 Å². The van der Waals surface area contributed by atoms with E-state index in [0.717, 1.165) is 10.4 Å². The third kappa shape index (κ3) is 3.96. The minimum absolute atomic E-state index is 0.205. The summed E-state index contributed by atoms with van der Waals surface area (Å²) in [5, 5.41) is 13.1. The molecule has 1 aromatic heterocycles. The molecule has 1 aliphatic heterocycles. The van der Waals surface area contributed by atoms with E-state index in [4.69, 9.17) is 4.74 Å². The van der Waals surface area contributed by atoms with Gasteiger partial charge >= 0.3 is 0 Å². The molecule has 1 aromatic carbocycles. The standard InChI is InChI=1S/C17H18FNO3S/c18-13-3-1-12(2-4-13)14-5-6-15(23-14)16(20)19-11-17(21)7-9-22-10-8-17/h1-6,21H,7-11H2,(H,19,20). The van der Waals surface area contributed by atoms with Crippen LogP contribution in [0, 0.1) is 5.82 Å². The number of ether oxygens (including phenoxy) is 1. The summed E-state index contributed by atoms with van der Waals surface area (Å²) < 4.78 is 18.2. The minimum atomic E-state index is -0.884. The Bertz CT molecular complexity index is 677. The van der Waals surface area contributed by atoms with Gasteiger partial charge < -0.3 is 15.2 Å². The molecule has 6 heteroatoms. The van der Waals surface area contributed by atoms with Crippen LogP contribution in [0.5, 0.6) is 0 Å². The highest BCUT2D eigenvalue weighted by Crippen LogP contribution is 2.28. The third-order valence-electron chi connectivity index (χ3n) is 3.96. The molecule has 1 fully saturated rings. The predicted molar refractivity (Wildman–Crippen MR) is 87.0 cm³/mol. The van der Waals surface area contributed by atoms with Crippen molar-refractivity contribution in [3.05, 3.63) is 47.1 Å². The van der Waals surface area contributed by atoms with E-state index >= 15 is 0 Å². The SMILES string of the molecule is O=C(NCC1(O)CCOCC1)c1ccc(-c2ccc(F)cc2)s1. The Balaban J connectivity index is 1.63. The first-order valence-corrected chi connectivity index (χ1v) is 8.32. The number of amides is 1. The van der Waals surface area contributed by atoms with E-state index in [1.54, 1.807) is 18.2 Å². The monoisotopic (exact) mass is 335 g/mol. The third-order valence-corrected chi connectivity index (χ3v) is 5.09. The van der Waals surface area contributed by atoms with Gasteiger partial charge in [0.2, 0.25) is 0 Å². The van der Waals surface area contributed by atoms with Crippen LogP contribution in [0.2, 0.25) is 0 Å². The highest BCUT2D eigenvalue weighted by atomic mass is 32.1. The molecule has 23 heavy (non-hydrogen) atoms. The molecule has 3 rings (SSSR count). The van der Waals surface area contributed by atoms with Crippen molar-refractivity contribution in [2.45, 2.75) is 18.4 Å².